The van der Waals surface area contributed by atoms with Crippen LogP contribution >= 0.6 is 0 Å². The first kappa shape index (κ1) is 61.1. The van der Waals surface area contributed by atoms with Crippen LogP contribution < -0.4 is 22.8 Å². The largest absolute Gasteiger partial charge is 0.215 e. The van der Waals surface area contributed by atoms with Crippen molar-refractivity contribution in [2.75, 3.05) is 0 Å². The number of aromatic nitrogens is 5. The van der Waals surface area contributed by atoms with E-state index in [4.69, 9.17) is 0 Å². The van der Waals surface area contributed by atoms with Crippen molar-refractivity contribution in [2.45, 2.75) is 104 Å². The van der Waals surface area contributed by atoms with Crippen LogP contribution in [0, 0.1) is 104 Å². The summed E-state index contributed by atoms with van der Waals surface area (Å²) in [6, 6.07) is 64.6. The molecular weight excluding hydrogens is 971 g/mol. The third kappa shape index (κ3) is 14.6. The highest BCUT2D eigenvalue weighted by molar-refractivity contribution is 5.67. The lowest BCUT2D eigenvalue weighted by Crippen LogP contribution is -2.35. The highest BCUT2D eigenvalue weighted by Gasteiger charge is 2.20. The molecule has 10 rings (SSSR count). The van der Waals surface area contributed by atoms with E-state index in [-0.39, 0.29) is 0 Å². The lowest BCUT2D eigenvalue weighted by molar-refractivity contribution is -0.667. The lowest BCUT2D eigenvalue weighted by Gasteiger charge is -2.08. The molecule has 5 heteroatoms. The second-order valence-corrected chi connectivity index (χ2v) is 21.9. The van der Waals surface area contributed by atoms with Crippen LogP contribution in [0.25, 0.3) is 56.3 Å². The first-order chi connectivity index (χ1) is 38.0. The van der Waals surface area contributed by atoms with Gasteiger partial charge in [-0.2, -0.15) is 22.8 Å². The summed E-state index contributed by atoms with van der Waals surface area (Å²) in [5.74, 6) is 0. The molecule has 5 nitrogen and oxygen atoms in total. The van der Waals surface area contributed by atoms with E-state index in [1.54, 1.807) is 0 Å². The Labute approximate surface area is 481 Å². The summed E-state index contributed by atoms with van der Waals surface area (Å²) >= 11 is 0. The second-order valence-electron chi connectivity index (χ2n) is 21.9. The van der Waals surface area contributed by atoms with Crippen molar-refractivity contribution in [2.24, 2.45) is 35.2 Å². The summed E-state index contributed by atoms with van der Waals surface area (Å²) in [6.45, 7) is 32.3. The predicted molar refractivity (Wildman–Crippen MR) is 336 cm³/mol. The molecular formula is C75H90N5+5. The molecule has 80 heavy (non-hydrogen) atoms. The van der Waals surface area contributed by atoms with Gasteiger partial charge in [0.1, 0.15) is 35.2 Å². The summed E-state index contributed by atoms with van der Waals surface area (Å²) in [4.78, 5) is 0. The van der Waals surface area contributed by atoms with Gasteiger partial charge in [0, 0.05) is 111 Å². The van der Waals surface area contributed by atoms with Crippen molar-refractivity contribution < 1.29 is 22.8 Å². The maximum atomic E-state index is 2.26. The Morgan fingerprint density at radius 1 is 0.212 bits per heavy atom. The average Bonchev–Trinajstić information content (AvgIpc) is 3.42. The molecule has 10 aromatic rings. The molecule has 0 saturated heterocycles. The van der Waals surface area contributed by atoms with Crippen molar-refractivity contribution in [3.63, 3.8) is 0 Å². The Morgan fingerprint density at radius 3 is 0.875 bits per heavy atom. The van der Waals surface area contributed by atoms with Crippen LogP contribution in [0.4, 0.5) is 0 Å². The number of nitrogens with zero attached hydrogens (tertiary/aromatic N) is 5. The summed E-state index contributed by atoms with van der Waals surface area (Å²) in [5, 5.41) is 0. The SMILES string of the molecule is Cc1ccc(C)c(-c2cccc(C)[n+]2C)c1.Cc1cccc(C)c1-c1cccc(C)[n+]1C.Cc1cccc(C)c1-c1cccc(C)[n+]1C.Cc1ccccc1-c1c(C)ccc(C)[n+]1C.Cc1ccccc1-c1c(C)ccc(C)[n+]1C. The van der Waals surface area contributed by atoms with Gasteiger partial charge >= 0.3 is 0 Å². The summed E-state index contributed by atoms with van der Waals surface area (Å²) in [7, 11) is 10.6. The molecule has 5 aromatic heterocycles. The van der Waals surface area contributed by atoms with Crippen LogP contribution in [0.3, 0.4) is 0 Å². The van der Waals surface area contributed by atoms with E-state index in [9.17, 15) is 0 Å². The van der Waals surface area contributed by atoms with Crippen molar-refractivity contribution in [3.8, 4) is 56.3 Å². The van der Waals surface area contributed by atoms with Gasteiger partial charge in [0.2, 0.25) is 28.5 Å². The summed E-state index contributed by atoms with van der Waals surface area (Å²) < 4.78 is 11.3. The molecule has 5 aromatic carbocycles. The molecule has 0 unspecified atom stereocenters. The summed E-state index contributed by atoms with van der Waals surface area (Å²) in [5.41, 5.74) is 32.8. The standard InChI is InChI=1S/5C15H18N/c2*1-11-7-5-8-12(2)15(11)14-10-6-9-13(3)16(14)4;1-11-8-9-12(2)14(10-11)15-7-5-6-13(3)16(15)4;2*1-11-7-5-6-8-14(11)15-12(2)9-10-13(3)16(15)4/h5*5-10H,1-4H3/q5*+1. The number of benzene rings is 5. The van der Waals surface area contributed by atoms with Gasteiger partial charge in [0.05, 0.1) is 11.1 Å². The van der Waals surface area contributed by atoms with E-state index in [0.717, 1.165) is 0 Å². The van der Waals surface area contributed by atoms with Crippen molar-refractivity contribution >= 4 is 0 Å². The van der Waals surface area contributed by atoms with Crippen LogP contribution in [-0.2, 0) is 35.2 Å². The van der Waals surface area contributed by atoms with Gasteiger partial charge in [0.25, 0.3) is 0 Å². The predicted octanol–water partition coefficient (Wildman–Crippen LogP) is 15.5. The number of rotatable bonds is 5. The molecule has 0 fully saturated rings. The Balaban J connectivity index is 0.000000161. The molecule has 0 radical (unpaired) electrons. The molecule has 410 valence electrons. The first-order valence-corrected chi connectivity index (χ1v) is 28.2. The van der Waals surface area contributed by atoms with Crippen molar-refractivity contribution in [1.29, 1.82) is 0 Å². The van der Waals surface area contributed by atoms with E-state index < -0.39 is 0 Å². The minimum atomic E-state index is 1.28. The van der Waals surface area contributed by atoms with Crippen LogP contribution in [0.5, 0.6) is 0 Å². The van der Waals surface area contributed by atoms with Gasteiger partial charge in [-0.1, -0.05) is 90.5 Å². The fourth-order valence-electron chi connectivity index (χ4n) is 10.5. The number of hydrogen-bond acceptors (Lipinski definition) is 0. The molecule has 0 aliphatic heterocycles. The van der Waals surface area contributed by atoms with Gasteiger partial charge in [-0.15, -0.1) is 0 Å². The van der Waals surface area contributed by atoms with E-state index >= 15 is 0 Å². The topological polar surface area (TPSA) is 19.4 Å². The smallest absolute Gasteiger partial charge is 0.199 e. The highest BCUT2D eigenvalue weighted by atomic mass is 15.0. The second kappa shape index (κ2) is 27.6. The van der Waals surface area contributed by atoms with Gasteiger partial charge < -0.3 is 0 Å². The molecule has 0 aliphatic carbocycles. The molecule has 0 atom stereocenters. The van der Waals surface area contributed by atoms with Crippen LogP contribution in [0.1, 0.15) is 84.1 Å². The first-order valence-electron chi connectivity index (χ1n) is 28.2. The van der Waals surface area contributed by atoms with E-state index in [1.807, 2.05) is 0 Å². The number of hydrogen-bond donors (Lipinski definition) is 0. The molecule has 0 saturated carbocycles. The zero-order chi connectivity index (χ0) is 58.5. The fourth-order valence-corrected chi connectivity index (χ4v) is 10.5. The average molecular weight is 1060 g/mol. The molecule has 0 N–H and O–H groups in total. The van der Waals surface area contributed by atoms with Crippen LogP contribution in [0.15, 0.2) is 182 Å². The Bertz CT molecular complexity index is 3550. The zero-order valence-corrected chi connectivity index (χ0v) is 52.1. The number of pyridine rings is 5. The fraction of sp³-hybridized carbons (Fsp3) is 0.267. The molecule has 0 aliphatic rings. The van der Waals surface area contributed by atoms with E-state index in [2.05, 4.69) is 344 Å². The third-order valence-corrected chi connectivity index (χ3v) is 16.0. The lowest BCUT2D eigenvalue weighted by atomic mass is 9.99. The molecule has 5 heterocycles. The minimum absolute atomic E-state index is 1.28. The minimum Gasteiger partial charge on any atom is -0.199 e. The maximum absolute atomic E-state index is 2.26. The van der Waals surface area contributed by atoms with Crippen LogP contribution in [-0.4, -0.2) is 0 Å². The third-order valence-electron chi connectivity index (χ3n) is 16.0. The Kier molecular flexibility index (Phi) is 21.1. The van der Waals surface area contributed by atoms with E-state index in [1.165, 1.54) is 140 Å². The van der Waals surface area contributed by atoms with Gasteiger partial charge in [-0.25, -0.2) is 0 Å². The highest BCUT2D eigenvalue weighted by Crippen LogP contribution is 2.28. The monoisotopic (exact) mass is 1060 g/mol. The zero-order valence-electron chi connectivity index (χ0n) is 52.1. The van der Waals surface area contributed by atoms with Gasteiger partial charge in [0.15, 0.2) is 28.5 Å². The normalized spacial score (nSPS) is 10.5. The maximum Gasteiger partial charge on any atom is 0.215 e. The Hall–Kier alpha value is -8.15. The van der Waals surface area contributed by atoms with E-state index in [0.29, 0.717) is 0 Å². The van der Waals surface area contributed by atoms with Crippen molar-refractivity contribution in [3.05, 3.63) is 266 Å². The molecule has 0 amide bonds. The molecule has 0 spiro atoms. The van der Waals surface area contributed by atoms with Crippen LogP contribution in [0.2, 0.25) is 0 Å². The molecule has 0 bridgehead atoms. The summed E-state index contributed by atoms with van der Waals surface area (Å²) in [6.07, 6.45) is 0. The van der Waals surface area contributed by atoms with Crippen molar-refractivity contribution in [1.82, 2.24) is 0 Å². The quantitative estimate of drug-likeness (QED) is 0.153. The Morgan fingerprint density at radius 2 is 0.500 bits per heavy atom. The number of aryl methyl sites for hydroxylation is 15. The van der Waals surface area contributed by atoms with Gasteiger partial charge in [-0.05, 0) is 157 Å². The van der Waals surface area contributed by atoms with Gasteiger partial charge in [-0.3, -0.25) is 0 Å².